The van der Waals surface area contributed by atoms with Crippen molar-refractivity contribution in [2.75, 3.05) is 6.79 Å². The van der Waals surface area contributed by atoms with Gasteiger partial charge in [-0.05, 0) is 29.7 Å². The van der Waals surface area contributed by atoms with E-state index < -0.39 is 11.7 Å². The first-order valence-electron chi connectivity index (χ1n) is 8.23. The highest BCUT2D eigenvalue weighted by Gasteiger charge is 2.41. The lowest BCUT2D eigenvalue weighted by atomic mass is 9.94. The van der Waals surface area contributed by atoms with E-state index in [1.807, 2.05) is 0 Å². The SMILES string of the molecule is CCCCCCCC1C=C(C(F)(F)F)c2cc3c(cc21)OCO3. The number of rotatable bonds is 6. The van der Waals surface area contributed by atoms with Crippen LogP contribution in [0.4, 0.5) is 13.2 Å². The maximum absolute atomic E-state index is 13.3. The van der Waals surface area contributed by atoms with E-state index in [0.29, 0.717) is 11.5 Å². The molecule has 0 fully saturated rings. The molecule has 0 N–H and O–H groups in total. The Morgan fingerprint density at radius 3 is 2.43 bits per heavy atom. The van der Waals surface area contributed by atoms with Crippen LogP contribution in [0.5, 0.6) is 11.5 Å². The highest BCUT2D eigenvalue weighted by Crippen LogP contribution is 2.50. The van der Waals surface area contributed by atoms with Gasteiger partial charge in [0.2, 0.25) is 6.79 Å². The minimum Gasteiger partial charge on any atom is -0.454 e. The zero-order valence-electron chi connectivity index (χ0n) is 13.2. The van der Waals surface area contributed by atoms with Gasteiger partial charge in [-0.1, -0.05) is 45.1 Å². The Morgan fingerprint density at radius 1 is 1.04 bits per heavy atom. The summed E-state index contributed by atoms with van der Waals surface area (Å²) in [5.41, 5.74) is 0.432. The van der Waals surface area contributed by atoms with Gasteiger partial charge in [0.05, 0.1) is 5.57 Å². The lowest BCUT2D eigenvalue weighted by Crippen LogP contribution is -2.09. The minimum atomic E-state index is -4.33. The van der Waals surface area contributed by atoms with Gasteiger partial charge in [-0.3, -0.25) is 0 Å². The number of benzene rings is 1. The van der Waals surface area contributed by atoms with Crippen LogP contribution in [0.1, 0.15) is 62.5 Å². The quantitative estimate of drug-likeness (QED) is 0.613. The number of allylic oxidation sites excluding steroid dienone is 2. The van der Waals surface area contributed by atoms with Gasteiger partial charge in [-0.25, -0.2) is 0 Å². The molecule has 2 aliphatic rings. The second-order valence-electron chi connectivity index (χ2n) is 6.18. The highest BCUT2D eigenvalue weighted by atomic mass is 19.4. The fraction of sp³-hybridized carbons (Fsp3) is 0.556. The second kappa shape index (κ2) is 6.46. The van der Waals surface area contributed by atoms with Crippen LogP contribution in [0.3, 0.4) is 0 Å². The van der Waals surface area contributed by atoms with Crippen LogP contribution >= 0.6 is 0 Å². The molecule has 0 bridgehead atoms. The van der Waals surface area contributed by atoms with Crippen molar-refractivity contribution in [1.29, 1.82) is 0 Å². The highest BCUT2D eigenvalue weighted by molar-refractivity contribution is 5.80. The maximum atomic E-state index is 13.3. The van der Waals surface area contributed by atoms with Gasteiger partial charge in [0.1, 0.15) is 0 Å². The fourth-order valence-electron chi connectivity index (χ4n) is 3.33. The second-order valence-corrected chi connectivity index (χ2v) is 6.18. The molecule has 1 aliphatic heterocycles. The molecule has 0 aromatic heterocycles. The normalized spacial score (nSPS) is 19.0. The average molecular weight is 326 g/mol. The number of alkyl halides is 3. The van der Waals surface area contributed by atoms with E-state index in [1.54, 1.807) is 6.07 Å². The van der Waals surface area contributed by atoms with E-state index in [-0.39, 0.29) is 18.3 Å². The van der Waals surface area contributed by atoms with E-state index in [0.717, 1.165) is 37.7 Å². The van der Waals surface area contributed by atoms with Gasteiger partial charge >= 0.3 is 6.18 Å². The number of fused-ring (bicyclic) bond motifs is 2. The number of hydrogen-bond donors (Lipinski definition) is 0. The Bertz CT molecular complexity index is 605. The number of halogens is 3. The largest absolute Gasteiger partial charge is 0.454 e. The van der Waals surface area contributed by atoms with Crippen LogP contribution in [0.2, 0.25) is 0 Å². The van der Waals surface area contributed by atoms with Crippen molar-refractivity contribution in [3.05, 3.63) is 29.3 Å². The molecular weight excluding hydrogens is 305 g/mol. The van der Waals surface area contributed by atoms with Crippen LogP contribution in [-0.4, -0.2) is 13.0 Å². The molecule has 0 spiro atoms. The molecule has 1 unspecified atom stereocenters. The third-order valence-corrected chi connectivity index (χ3v) is 4.53. The molecule has 126 valence electrons. The molecule has 0 saturated carbocycles. The Kier molecular flexibility index (Phi) is 4.55. The summed E-state index contributed by atoms with van der Waals surface area (Å²) >= 11 is 0. The zero-order valence-corrected chi connectivity index (χ0v) is 13.2. The van der Waals surface area contributed by atoms with Gasteiger partial charge in [0, 0.05) is 5.92 Å². The van der Waals surface area contributed by atoms with E-state index in [1.165, 1.54) is 18.6 Å². The van der Waals surface area contributed by atoms with Crippen molar-refractivity contribution in [2.24, 2.45) is 0 Å². The van der Waals surface area contributed by atoms with Gasteiger partial charge in [-0.15, -0.1) is 0 Å². The molecule has 0 amide bonds. The third-order valence-electron chi connectivity index (χ3n) is 4.53. The molecule has 5 heteroatoms. The summed E-state index contributed by atoms with van der Waals surface area (Å²) in [5, 5.41) is 0. The summed E-state index contributed by atoms with van der Waals surface area (Å²) in [6, 6.07) is 3.21. The van der Waals surface area contributed by atoms with Gasteiger partial charge in [-0.2, -0.15) is 13.2 Å². The first kappa shape index (κ1) is 16.2. The number of ether oxygens (including phenoxy) is 2. The Morgan fingerprint density at radius 2 is 1.74 bits per heavy atom. The summed E-state index contributed by atoms with van der Waals surface area (Å²) < 4.78 is 50.5. The zero-order chi connectivity index (χ0) is 16.4. The molecule has 1 aliphatic carbocycles. The Hall–Kier alpha value is -1.65. The predicted molar refractivity (Wildman–Crippen MR) is 82.7 cm³/mol. The molecular formula is C18H21F3O2. The standard InChI is InChI=1S/C18H21F3O2/c1-2-3-4-5-6-7-12-8-15(18(19,20)21)14-10-17-16(9-13(12)14)22-11-23-17/h8-10,12H,2-7,11H2,1H3. The van der Waals surface area contributed by atoms with E-state index in [9.17, 15) is 13.2 Å². The Labute approximate surface area is 134 Å². The van der Waals surface area contributed by atoms with Crippen molar-refractivity contribution in [3.63, 3.8) is 0 Å². The van der Waals surface area contributed by atoms with Crippen LogP contribution in [0.25, 0.3) is 5.57 Å². The summed E-state index contributed by atoms with van der Waals surface area (Å²) in [6.07, 6.45) is 3.29. The lowest BCUT2D eigenvalue weighted by Gasteiger charge is -2.12. The minimum absolute atomic E-state index is 0.0744. The monoisotopic (exact) mass is 326 g/mol. The molecule has 0 radical (unpaired) electrons. The molecule has 3 rings (SSSR count). The summed E-state index contributed by atoms with van der Waals surface area (Å²) in [7, 11) is 0. The van der Waals surface area contributed by atoms with Crippen molar-refractivity contribution < 1.29 is 22.6 Å². The van der Waals surface area contributed by atoms with Gasteiger partial charge in [0.25, 0.3) is 0 Å². The smallest absolute Gasteiger partial charge is 0.416 e. The van der Waals surface area contributed by atoms with E-state index in [2.05, 4.69) is 6.92 Å². The topological polar surface area (TPSA) is 18.5 Å². The Balaban J connectivity index is 1.80. The molecule has 0 saturated heterocycles. The van der Waals surface area contributed by atoms with Crippen LogP contribution in [-0.2, 0) is 0 Å². The van der Waals surface area contributed by atoms with E-state index in [4.69, 9.17) is 9.47 Å². The summed E-state index contributed by atoms with van der Waals surface area (Å²) in [5.74, 6) is 0.775. The molecule has 1 aromatic rings. The van der Waals surface area contributed by atoms with Crippen molar-refractivity contribution in [3.8, 4) is 11.5 Å². The molecule has 2 nitrogen and oxygen atoms in total. The first-order chi connectivity index (χ1) is 11.0. The van der Waals surface area contributed by atoms with Gasteiger partial charge < -0.3 is 9.47 Å². The first-order valence-corrected chi connectivity index (χ1v) is 8.23. The molecule has 23 heavy (non-hydrogen) atoms. The molecule has 1 aromatic carbocycles. The predicted octanol–water partition coefficient (Wildman–Crippen LogP) is 5.82. The summed E-state index contributed by atoms with van der Waals surface area (Å²) in [6.45, 7) is 2.22. The summed E-state index contributed by atoms with van der Waals surface area (Å²) in [4.78, 5) is 0. The van der Waals surface area contributed by atoms with Crippen molar-refractivity contribution in [2.45, 2.75) is 57.5 Å². The van der Waals surface area contributed by atoms with Crippen molar-refractivity contribution in [1.82, 2.24) is 0 Å². The van der Waals surface area contributed by atoms with Crippen molar-refractivity contribution >= 4 is 5.57 Å². The maximum Gasteiger partial charge on any atom is 0.416 e. The van der Waals surface area contributed by atoms with Crippen LogP contribution in [0, 0.1) is 0 Å². The molecule has 1 heterocycles. The third kappa shape index (κ3) is 3.33. The number of unbranched alkanes of at least 4 members (excludes halogenated alkanes) is 4. The average Bonchev–Trinajstić information content (AvgIpc) is 3.08. The van der Waals surface area contributed by atoms with E-state index >= 15 is 0 Å². The van der Waals surface area contributed by atoms with Crippen LogP contribution in [0.15, 0.2) is 18.2 Å². The number of hydrogen-bond acceptors (Lipinski definition) is 2. The lowest BCUT2D eigenvalue weighted by molar-refractivity contribution is -0.0688. The molecule has 1 atom stereocenters. The van der Waals surface area contributed by atoms with Crippen LogP contribution < -0.4 is 9.47 Å². The fourth-order valence-corrected chi connectivity index (χ4v) is 3.33. The van der Waals surface area contributed by atoms with Gasteiger partial charge in [0.15, 0.2) is 11.5 Å².